The third kappa shape index (κ3) is 4.37. The zero-order valence-electron chi connectivity index (χ0n) is 18.3. The van der Waals surface area contributed by atoms with Crippen molar-refractivity contribution in [1.82, 2.24) is 14.5 Å². The van der Waals surface area contributed by atoms with Crippen LogP contribution in [0, 0.1) is 23.4 Å². The maximum atomic E-state index is 15.5. The van der Waals surface area contributed by atoms with Gasteiger partial charge in [0.15, 0.2) is 0 Å². The highest BCUT2D eigenvalue weighted by Gasteiger charge is 2.62. The standard InChI is InChI=1S/C23H22F5N3O3S/c24-14-7-13(8-15(25)10-14)16-4-1-3-12(20(16)26)9-19-21(29-35(33,34)22(27)28)17-11-18(17)31(19)23(32)30-5-2-6-30/h1,3-4,7-8,10,17-19,21-22,29H,2,5-6,9,11H2/t17-,18+,19+,21+/m0/s1. The van der Waals surface area contributed by atoms with Crippen LogP contribution < -0.4 is 4.72 Å². The Bertz CT molecular complexity index is 1250. The number of amides is 2. The van der Waals surface area contributed by atoms with Crippen molar-refractivity contribution >= 4 is 16.1 Å². The molecule has 1 saturated carbocycles. The van der Waals surface area contributed by atoms with Crippen LogP contribution in [0.2, 0.25) is 0 Å². The van der Waals surface area contributed by atoms with Crippen molar-refractivity contribution in [1.29, 1.82) is 0 Å². The molecular formula is C23H22F5N3O3S. The van der Waals surface area contributed by atoms with Gasteiger partial charge in [-0.1, -0.05) is 18.2 Å². The molecule has 5 rings (SSSR count). The molecule has 35 heavy (non-hydrogen) atoms. The molecule has 0 spiro atoms. The number of likely N-dealkylation sites (tertiary alicyclic amines) is 2. The van der Waals surface area contributed by atoms with Gasteiger partial charge in [0.2, 0.25) is 0 Å². The summed E-state index contributed by atoms with van der Waals surface area (Å²) < 4.78 is 95.2. The topological polar surface area (TPSA) is 69.7 Å². The van der Waals surface area contributed by atoms with Crippen LogP contribution in [0.3, 0.4) is 0 Å². The molecule has 12 heteroatoms. The highest BCUT2D eigenvalue weighted by Crippen LogP contribution is 2.50. The second-order valence-corrected chi connectivity index (χ2v) is 10.8. The first-order valence-corrected chi connectivity index (χ1v) is 12.7. The fourth-order valence-corrected chi connectivity index (χ4v) is 5.91. The van der Waals surface area contributed by atoms with E-state index in [-0.39, 0.29) is 41.1 Å². The first kappa shape index (κ1) is 24.0. The number of alkyl halides is 2. The molecule has 2 aliphatic heterocycles. The predicted molar refractivity (Wildman–Crippen MR) is 116 cm³/mol. The third-order valence-corrected chi connectivity index (χ3v) is 8.03. The van der Waals surface area contributed by atoms with Gasteiger partial charge < -0.3 is 9.80 Å². The number of fused-ring (bicyclic) bond motifs is 1. The number of hydrogen-bond acceptors (Lipinski definition) is 3. The number of nitrogens with zero attached hydrogens (tertiary/aromatic N) is 2. The van der Waals surface area contributed by atoms with Crippen LogP contribution in [0.15, 0.2) is 36.4 Å². The minimum Gasteiger partial charge on any atom is -0.325 e. The minimum absolute atomic E-state index is 0.0282. The van der Waals surface area contributed by atoms with E-state index in [2.05, 4.69) is 0 Å². The molecule has 2 heterocycles. The van der Waals surface area contributed by atoms with Gasteiger partial charge in [-0.3, -0.25) is 0 Å². The van der Waals surface area contributed by atoms with Crippen molar-refractivity contribution in [2.24, 2.45) is 5.92 Å². The van der Waals surface area contributed by atoms with Gasteiger partial charge in [-0.15, -0.1) is 0 Å². The zero-order valence-corrected chi connectivity index (χ0v) is 19.1. The Morgan fingerprint density at radius 1 is 1.09 bits per heavy atom. The molecule has 3 aliphatic rings. The third-order valence-electron chi connectivity index (χ3n) is 6.96. The Morgan fingerprint density at radius 2 is 1.77 bits per heavy atom. The molecule has 2 aromatic carbocycles. The molecule has 2 amide bonds. The molecule has 2 saturated heterocycles. The fourth-order valence-electron chi connectivity index (χ4n) is 5.09. The van der Waals surface area contributed by atoms with Crippen LogP contribution in [-0.2, 0) is 16.4 Å². The van der Waals surface area contributed by atoms with E-state index in [9.17, 15) is 30.8 Å². The summed E-state index contributed by atoms with van der Waals surface area (Å²) in [6.07, 6.45) is 1.11. The average Bonchev–Trinajstić information content (AvgIpc) is 3.45. The average molecular weight is 516 g/mol. The number of piperidine rings is 1. The maximum Gasteiger partial charge on any atom is 0.350 e. The molecule has 1 aliphatic carbocycles. The van der Waals surface area contributed by atoms with Gasteiger partial charge in [-0.05, 0) is 48.4 Å². The Morgan fingerprint density at radius 3 is 2.37 bits per heavy atom. The molecule has 0 unspecified atom stereocenters. The van der Waals surface area contributed by atoms with Crippen molar-refractivity contribution in [3.8, 4) is 11.1 Å². The monoisotopic (exact) mass is 515 g/mol. The van der Waals surface area contributed by atoms with E-state index < -0.39 is 45.3 Å². The first-order valence-electron chi connectivity index (χ1n) is 11.2. The molecule has 0 aromatic heterocycles. The van der Waals surface area contributed by atoms with Crippen LogP contribution in [-0.4, -0.2) is 61.2 Å². The molecule has 0 bridgehead atoms. The molecule has 6 nitrogen and oxygen atoms in total. The summed E-state index contributed by atoms with van der Waals surface area (Å²) in [6, 6.07) is 4.28. The lowest BCUT2D eigenvalue weighted by atomic mass is 9.94. The first-order chi connectivity index (χ1) is 16.6. The molecule has 3 fully saturated rings. The Labute approximate surface area is 198 Å². The number of rotatable bonds is 6. The highest BCUT2D eigenvalue weighted by atomic mass is 32.2. The normalized spacial score (nSPS) is 25.5. The van der Waals surface area contributed by atoms with Crippen LogP contribution in [0.4, 0.5) is 26.7 Å². The Kier molecular flexibility index (Phi) is 5.99. The lowest BCUT2D eigenvalue weighted by Gasteiger charge is -2.39. The van der Waals surface area contributed by atoms with E-state index in [1.165, 1.54) is 23.1 Å². The van der Waals surface area contributed by atoms with Crippen LogP contribution in [0.1, 0.15) is 18.4 Å². The molecule has 1 N–H and O–H groups in total. The summed E-state index contributed by atoms with van der Waals surface area (Å²) in [4.78, 5) is 16.2. The molecule has 4 atom stereocenters. The van der Waals surface area contributed by atoms with Gasteiger partial charge in [0.05, 0.1) is 6.04 Å². The van der Waals surface area contributed by atoms with E-state index in [0.717, 1.165) is 18.6 Å². The number of carbonyl (C=O) groups excluding carboxylic acids is 1. The van der Waals surface area contributed by atoms with Crippen molar-refractivity contribution in [3.05, 3.63) is 59.4 Å². The summed E-state index contributed by atoms with van der Waals surface area (Å²) in [5.74, 6) is -6.56. The molecule has 2 aromatic rings. The van der Waals surface area contributed by atoms with E-state index in [1.54, 1.807) is 4.90 Å². The van der Waals surface area contributed by atoms with Crippen molar-refractivity contribution < 1.29 is 35.2 Å². The SMILES string of the molecule is O=C(N1CCC1)N1[C@@H]2C[C@@H]2[C@@H](NS(=O)(=O)C(F)F)[C@H]1Cc1cccc(-c2cc(F)cc(F)c2)c1F. The summed E-state index contributed by atoms with van der Waals surface area (Å²) in [5, 5.41) is 0. The van der Waals surface area contributed by atoms with Gasteiger partial charge in [0, 0.05) is 36.8 Å². The van der Waals surface area contributed by atoms with Gasteiger partial charge in [-0.2, -0.15) is 8.78 Å². The lowest BCUT2D eigenvalue weighted by Crippen LogP contribution is -2.57. The number of benzene rings is 2. The summed E-state index contributed by atoms with van der Waals surface area (Å²) in [5.41, 5.74) is -0.0323. The second kappa shape index (κ2) is 8.74. The Hall–Kier alpha value is -2.73. The number of urea groups is 1. The van der Waals surface area contributed by atoms with Crippen LogP contribution in [0.5, 0.6) is 0 Å². The van der Waals surface area contributed by atoms with Crippen LogP contribution >= 0.6 is 0 Å². The number of nitrogens with one attached hydrogen (secondary N) is 1. The minimum atomic E-state index is -4.96. The maximum absolute atomic E-state index is 15.5. The smallest absolute Gasteiger partial charge is 0.325 e. The van der Waals surface area contributed by atoms with E-state index in [4.69, 9.17) is 0 Å². The number of carbonyl (C=O) groups is 1. The Balaban J connectivity index is 1.49. The highest BCUT2D eigenvalue weighted by molar-refractivity contribution is 7.89. The van der Waals surface area contributed by atoms with Crippen LogP contribution in [0.25, 0.3) is 11.1 Å². The van der Waals surface area contributed by atoms with E-state index in [1.807, 2.05) is 4.72 Å². The number of hydrogen-bond donors (Lipinski definition) is 1. The molecular weight excluding hydrogens is 493 g/mol. The van der Waals surface area contributed by atoms with Gasteiger partial charge >= 0.3 is 11.8 Å². The quantitative estimate of drug-likeness (QED) is 0.597. The summed E-state index contributed by atoms with van der Waals surface area (Å²) in [6.45, 7) is 1.06. The van der Waals surface area contributed by atoms with Gasteiger partial charge in [0.1, 0.15) is 17.5 Å². The van der Waals surface area contributed by atoms with Gasteiger partial charge in [0.25, 0.3) is 10.0 Å². The number of halogens is 5. The second-order valence-electron chi connectivity index (χ2n) is 9.15. The molecule has 0 radical (unpaired) electrons. The fraction of sp³-hybridized carbons (Fsp3) is 0.435. The van der Waals surface area contributed by atoms with E-state index >= 15 is 4.39 Å². The van der Waals surface area contributed by atoms with E-state index in [0.29, 0.717) is 25.6 Å². The number of sulfonamides is 1. The lowest BCUT2D eigenvalue weighted by molar-refractivity contribution is 0.111. The zero-order chi connectivity index (χ0) is 25.1. The van der Waals surface area contributed by atoms with Crippen molar-refractivity contribution in [2.75, 3.05) is 13.1 Å². The molecule has 188 valence electrons. The van der Waals surface area contributed by atoms with Crippen molar-refractivity contribution in [2.45, 2.75) is 43.1 Å². The largest absolute Gasteiger partial charge is 0.350 e. The summed E-state index contributed by atoms with van der Waals surface area (Å²) in [7, 11) is -4.96. The van der Waals surface area contributed by atoms with Gasteiger partial charge in [-0.25, -0.2) is 31.1 Å². The predicted octanol–water partition coefficient (Wildman–Crippen LogP) is 3.72. The van der Waals surface area contributed by atoms with Crippen molar-refractivity contribution in [3.63, 3.8) is 0 Å². The summed E-state index contributed by atoms with van der Waals surface area (Å²) >= 11 is 0.